The lowest BCUT2D eigenvalue weighted by atomic mass is 9.98. The van der Waals surface area contributed by atoms with Crippen LogP contribution in [0.2, 0.25) is 0 Å². The van der Waals surface area contributed by atoms with Gasteiger partial charge < -0.3 is 10.1 Å². The van der Waals surface area contributed by atoms with Gasteiger partial charge in [0.15, 0.2) is 0 Å². The molecule has 1 atom stereocenters. The van der Waals surface area contributed by atoms with E-state index < -0.39 is 11.7 Å². The minimum atomic E-state index is -0.471. The van der Waals surface area contributed by atoms with Crippen LogP contribution in [0.4, 0.5) is 4.79 Å². The molecule has 0 aromatic rings. The van der Waals surface area contributed by atoms with Crippen LogP contribution in [0.1, 0.15) is 34.6 Å². The van der Waals surface area contributed by atoms with Gasteiger partial charge in [0.05, 0.1) is 6.04 Å². The summed E-state index contributed by atoms with van der Waals surface area (Å²) in [5.41, 5.74) is 0.474. The fourth-order valence-corrected chi connectivity index (χ4v) is 1.61. The number of carbonyl (C=O) groups is 1. The van der Waals surface area contributed by atoms with Crippen LogP contribution in [0.3, 0.4) is 0 Å². The molecule has 0 heterocycles. The maximum atomic E-state index is 11.6. The first kappa shape index (κ1) is 15.5. The topological polar surface area (TPSA) is 38.3 Å². The van der Waals surface area contributed by atoms with Crippen molar-refractivity contribution in [2.75, 3.05) is 5.33 Å². The Hall–Kier alpha value is -0.510. The predicted molar refractivity (Wildman–Crippen MR) is 70.9 cm³/mol. The Balaban J connectivity index is 4.42. The quantitative estimate of drug-likeness (QED) is 0.636. The minimum absolute atomic E-state index is 0.0609. The van der Waals surface area contributed by atoms with Gasteiger partial charge in [-0.25, -0.2) is 4.79 Å². The summed E-state index contributed by atoms with van der Waals surface area (Å²) < 4.78 is 5.21. The van der Waals surface area contributed by atoms with Gasteiger partial charge in [-0.15, -0.1) is 0 Å². The number of ether oxygens (including phenoxy) is 1. The molecule has 4 heteroatoms. The molecule has 0 aliphatic heterocycles. The smallest absolute Gasteiger partial charge is 0.408 e. The van der Waals surface area contributed by atoms with Crippen LogP contribution in [0, 0.1) is 5.92 Å². The van der Waals surface area contributed by atoms with E-state index in [0.29, 0.717) is 5.33 Å². The van der Waals surface area contributed by atoms with Crippen LogP contribution in [-0.2, 0) is 4.74 Å². The molecular weight excluding hydrogens is 270 g/mol. The van der Waals surface area contributed by atoms with Crippen molar-refractivity contribution in [2.45, 2.75) is 46.3 Å². The molecule has 3 nitrogen and oxygen atoms in total. The van der Waals surface area contributed by atoms with Crippen LogP contribution >= 0.6 is 15.9 Å². The maximum absolute atomic E-state index is 11.6. The summed E-state index contributed by atoms with van der Waals surface area (Å²) in [5, 5.41) is 3.51. The third-order valence-electron chi connectivity index (χ3n) is 1.95. The molecule has 0 radical (unpaired) electrons. The highest BCUT2D eigenvalue weighted by Crippen LogP contribution is 2.14. The fourth-order valence-electron chi connectivity index (χ4n) is 1.26. The lowest BCUT2D eigenvalue weighted by molar-refractivity contribution is 0.0501. The number of rotatable bonds is 4. The highest BCUT2D eigenvalue weighted by Gasteiger charge is 2.22. The van der Waals surface area contributed by atoms with Gasteiger partial charge in [-0.1, -0.05) is 36.4 Å². The Morgan fingerprint density at radius 2 is 1.94 bits per heavy atom. The summed E-state index contributed by atoms with van der Waals surface area (Å²) in [4.78, 5) is 11.6. The second-order valence-corrected chi connectivity index (χ2v) is 5.72. The van der Waals surface area contributed by atoms with Crippen molar-refractivity contribution in [3.63, 3.8) is 0 Å². The zero-order valence-corrected chi connectivity index (χ0v) is 12.3. The summed E-state index contributed by atoms with van der Waals surface area (Å²) in [6, 6.07) is -0.0609. The van der Waals surface area contributed by atoms with E-state index in [9.17, 15) is 4.79 Å². The van der Waals surface area contributed by atoms with E-state index in [2.05, 4.69) is 27.8 Å². The molecule has 0 aliphatic rings. The molecule has 0 saturated carbocycles. The first-order chi connectivity index (χ1) is 7.17. The van der Waals surface area contributed by atoms with E-state index in [1.807, 2.05) is 34.6 Å². The van der Waals surface area contributed by atoms with E-state index in [1.165, 1.54) is 0 Å². The van der Waals surface area contributed by atoms with Crippen LogP contribution < -0.4 is 5.32 Å². The first-order valence-corrected chi connectivity index (χ1v) is 6.52. The SMILES string of the molecule is C=C(CBr)C(NC(=O)OC(C)(C)C)C(C)C. The first-order valence-electron chi connectivity index (χ1n) is 5.40. The van der Waals surface area contributed by atoms with Crippen molar-refractivity contribution >= 4 is 22.0 Å². The summed E-state index contributed by atoms with van der Waals surface area (Å²) in [6.07, 6.45) is -0.395. The zero-order chi connectivity index (χ0) is 12.9. The van der Waals surface area contributed by atoms with E-state index in [1.54, 1.807) is 0 Å². The highest BCUT2D eigenvalue weighted by molar-refractivity contribution is 9.09. The number of alkyl carbamates (subject to hydrolysis) is 1. The van der Waals surface area contributed by atoms with Crippen LogP contribution in [0.25, 0.3) is 0 Å². The lowest BCUT2D eigenvalue weighted by Gasteiger charge is -2.26. The summed E-state index contributed by atoms with van der Waals surface area (Å²) in [6.45, 7) is 13.5. The molecule has 0 rings (SSSR count). The third kappa shape index (κ3) is 6.16. The Bertz CT molecular complexity index is 256. The van der Waals surface area contributed by atoms with E-state index in [0.717, 1.165) is 5.57 Å². The summed E-state index contributed by atoms with van der Waals surface area (Å²) in [5.74, 6) is 0.289. The van der Waals surface area contributed by atoms with Gasteiger partial charge in [0.1, 0.15) is 5.60 Å². The molecule has 0 aromatic carbocycles. The molecule has 0 bridgehead atoms. The normalized spacial score (nSPS) is 13.4. The van der Waals surface area contributed by atoms with Crippen LogP contribution in [-0.4, -0.2) is 23.1 Å². The van der Waals surface area contributed by atoms with Crippen molar-refractivity contribution in [3.8, 4) is 0 Å². The van der Waals surface area contributed by atoms with Crippen molar-refractivity contribution in [2.24, 2.45) is 5.92 Å². The average Bonchev–Trinajstić information content (AvgIpc) is 2.09. The van der Waals surface area contributed by atoms with Crippen molar-refractivity contribution < 1.29 is 9.53 Å². The van der Waals surface area contributed by atoms with Crippen LogP contribution in [0.5, 0.6) is 0 Å². The number of carbonyl (C=O) groups excluding carboxylic acids is 1. The molecule has 0 spiro atoms. The second-order valence-electron chi connectivity index (χ2n) is 5.16. The van der Waals surface area contributed by atoms with E-state index in [4.69, 9.17) is 4.74 Å². The summed E-state index contributed by atoms with van der Waals surface area (Å²) >= 11 is 3.34. The lowest BCUT2D eigenvalue weighted by Crippen LogP contribution is -2.43. The largest absolute Gasteiger partial charge is 0.444 e. The monoisotopic (exact) mass is 291 g/mol. The molecule has 0 aliphatic carbocycles. The van der Waals surface area contributed by atoms with Gasteiger partial charge in [-0.05, 0) is 32.3 Å². The molecule has 1 unspecified atom stereocenters. The minimum Gasteiger partial charge on any atom is -0.444 e. The van der Waals surface area contributed by atoms with Gasteiger partial charge in [-0.2, -0.15) is 0 Å². The Kier molecular flexibility index (Phi) is 6.08. The number of halogens is 1. The molecule has 0 fully saturated rings. The average molecular weight is 292 g/mol. The third-order valence-corrected chi connectivity index (χ3v) is 2.67. The molecule has 0 aromatic heterocycles. The Morgan fingerprint density at radius 1 is 1.44 bits per heavy atom. The maximum Gasteiger partial charge on any atom is 0.408 e. The Labute approximate surface area is 107 Å². The second kappa shape index (κ2) is 6.28. The van der Waals surface area contributed by atoms with Gasteiger partial charge in [0, 0.05) is 5.33 Å². The number of hydrogen-bond acceptors (Lipinski definition) is 2. The molecule has 1 amide bonds. The Morgan fingerprint density at radius 3 is 2.25 bits per heavy atom. The fraction of sp³-hybridized carbons (Fsp3) is 0.750. The number of alkyl halides is 1. The van der Waals surface area contributed by atoms with Gasteiger partial charge in [0.2, 0.25) is 0 Å². The number of nitrogens with one attached hydrogen (secondary N) is 1. The molecule has 94 valence electrons. The van der Waals surface area contributed by atoms with E-state index in [-0.39, 0.29) is 12.0 Å². The number of amides is 1. The van der Waals surface area contributed by atoms with Crippen LogP contribution in [0.15, 0.2) is 12.2 Å². The van der Waals surface area contributed by atoms with E-state index >= 15 is 0 Å². The number of hydrogen-bond donors (Lipinski definition) is 1. The van der Waals surface area contributed by atoms with Crippen molar-refractivity contribution in [1.82, 2.24) is 5.32 Å². The van der Waals surface area contributed by atoms with Crippen molar-refractivity contribution in [1.29, 1.82) is 0 Å². The van der Waals surface area contributed by atoms with Gasteiger partial charge >= 0.3 is 6.09 Å². The predicted octanol–water partition coefficient (Wildman–Crippen LogP) is 3.49. The molecule has 0 saturated heterocycles. The molecular formula is C12H22BrNO2. The van der Waals surface area contributed by atoms with Gasteiger partial charge in [0.25, 0.3) is 0 Å². The van der Waals surface area contributed by atoms with Gasteiger partial charge in [-0.3, -0.25) is 0 Å². The van der Waals surface area contributed by atoms with Crippen molar-refractivity contribution in [3.05, 3.63) is 12.2 Å². The molecule has 1 N–H and O–H groups in total. The zero-order valence-electron chi connectivity index (χ0n) is 10.8. The standard InChI is InChI=1S/C12H22BrNO2/c1-8(2)10(9(3)7-13)14-11(15)16-12(4,5)6/h8,10H,3,7H2,1-2,4-6H3,(H,14,15). The molecule has 16 heavy (non-hydrogen) atoms. The highest BCUT2D eigenvalue weighted by atomic mass is 79.9. The summed E-state index contributed by atoms with van der Waals surface area (Å²) in [7, 11) is 0.